The highest BCUT2D eigenvalue weighted by Gasteiger charge is 1.92. The van der Waals surface area contributed by atoms with Gasteiger partial charge < -0.3 is 4.74 Å². The normalized spacial score (nSPS) is 8.83. The Hall–Kier alpha value is -0.530. The fourth-order valence-electron chi connectivity index (χ4n) is 0.306. The van der Waals surface area contributed by atoms with Crippen LogP contribution in [0.15, 0.2) is 0 Å². The number of ether oxygens (including phenoxy) is 1. The highest BCUT2D eigenvalue weighted by molar-refractivity contribution is 5.68. The number of rotatable bonds is 3. The molecule has 0 aromatic heterocycles. The molecule has 12 heavy (non-hydrogen) atoms. The lowest BCUT2D eigenvalue weighted by Gasteiger charge is -1.91. The lowest BCUT2D eigenvalue weighted by Crippen LogP contribution is -1.97. The third kappa shape index (κ3) is 16.2. The minimum Gasteiger partial charge on any atom is -0.469 e. The van der Waals surface area contributed by atoms with Crippen molar-refractivity contribution in [2.75, 3.05) is 7.11 Å². The molecule has 0 N–H and O–H groups in total. The van der Waals surface area contributed by atoms with Crippen molar-refractivity contribution >= 4 is 5.97 Å². The third-order valence-corrected chi connectivity index (χ3v) is 1.26. The van der Waals surface area contributed by atoms with E-state index in [2.05, 4.69) is 25.5 Å². The summed E-state index contributed by atoms with van der Waals surface area (Å²) in [5, 5.41) is 0. The van der Waals surface area contributed by atoms with Crippen molar-refractivity contribution < 1.29 is 9.53 Å². The van der Waals surface area contributed by atoms with Crippen LogP contribution in [-0.4, -0.2) is 13.1 Å². The average Bonchev–Trinajstić information content (AvgIpc) is 2.06. The van der Waals surface area contributed by atoms with E-state index in [1.165, 1.54) is 7.11 Å². The first-order valence-corrected chi connectivity index (χ1v) is 4.44. The van der Waals surface area contributed by atoms with Gasteiger partial charge in [-0.15, -0.1) is 0 Å². The van der Waals surface area contributed by atoms with E-state index >= 15 is 0 Å². The molecule has 0 aromatic carbocycles. The van der Waals surface area contributed by atoms with E-state index in [1.807, 2.05) is 6.92 Å². The molecule has 0 rings (SSSR count). The van der Waals surface area contributed by atoms with Crippen LogP contribution >= 0.6 is 0 Å². The Bertz CT molecular complexity index is 98.0. The second-order valence-electron chi connectivity index (χ2n) is 3.01. The maximum absolute atomic E-state index is 10.2. The second-order valence-corrected chi connectivity index (χ2v) is 3.01. The fraction of sp³-hybridized carbons (Fsp3) is 0.800. The Labute approximate surface area is 76.3 Å². The highest BCUT2D eigenvalue weighted by atomic mass is 16.5. The number of methoxy groups -OCH3 is 1. The molecule has 0 unspecified atom stereocenters. The zero-order valence-corrected chi connectivity index (χ0v) is 8.72. The topological polar surface area (TPSA) is 26.3 Å². The Morgan fingerprint density at radius 3 is 2.00 bits per heavy atom. The molecule has 0 saturated heterocycles. The molecule has 1 radical (unpaired) electrons. The van der Waals surface area contributed by atoms with Gasteiger partial charge >= 0.3 is 5.97 Å². The van der Waals surface area contributed by atoms with Crippen LogP contribution in [0.5, 0.6) is 0 Å². The zero-order chi connectivity index (χ0) is 9.98. The summed E-state index contributed by atoms with van der Waals surface area (Å²) in [7, 11) is 1.40. The number of hydrogen-bond acceptors (Lipinski definition) is 2. The van der Waals surface area contributed by atoms with Crippen LogP contribution in [0.1, 0.15) is 40.0 Å². The van der Waals surface area contributed by atoms with Crippen LogP contribution in [0.2, 0.25) is 0 Å². The summed E-state index contributed by atoms with van der Waals surface area (Å²) in [6.07, 6.45) is 2.46. The van der Waals surface area contributed by atoms with E-state index in [0.717, 1.165) is 18.8 Å². The first kappa shape index (κ1) is 14.0. The van der Waals surface area contributed by atoms with Crippen LogP contribution in [0.25, 0.3) is 0 Å². The summed E-state index contributed by atoms with van der Waals surface area (Å²) in [6, 6.07) is 0. The molecule has 0 saturated carbocycles. The Balaban J connectivity index is 0. The summed E-state index contributed by atoms with van der Waals surface area (Å²) < 4.78 is 4.35. The Kier molecular flexibility index (Phi) is 12.2. The molecular weight excluding hydrogens is 152 g/mol. The van der Waals surface area contributed by atoms with E-state index < -0.39 is 0 Å². The van der Waals surface area contributed by atoms with Crippen molar-refractivity contribution in [2.45, 2.75) is 40.0 Å². The van der Waals surface area contributed by atoms with Gasteiger partial charge in [0.2, 0.25) is 0 Å². The largest absolute Gasteiger partial charge is 0.469 e. The van der Waals surface area contributed by atoms with Crippen LogP contribution < -0.4 is 0 Å². The van der Waals surface area contributed by atoms with Crippen LogP contribution in [0.3, 0.4) is 0 Å². The number of carbonyl (C=O) groups excluding carboxylic acids is 1. The quantitative estimate of drug-likeness (QED) is 0.613. The number of carbonyl (C=O) groups is 1. The SMILES string of the molecule is CCCC(=O)OC.[CH2]CC(C)C. The van der Waals surface area contributed by atoms with Crippen molar-refractivity contribution in [2.24, 2.45) is 5.92 Å². The van der Waals surface area contributed by atoms with E-state index in [9.17, 15) is 4.79 Å². The highest BCUT2D eigenvalue weighted by Crippen LogP contribution is 1.93. The molecule has 0 aliphatic rings. The molecule has 2 heteroatoms. The van der Waals surface area contributed by atoms with Gasteiger partial charge in [0.15, 0.2) is 0 Å². The maximum Gasteiger partial charge on any atom is 0.305 e. The lowest BCUT2D eigenvalue weighted by atomic mass is 10.2. The average molecular weight is 173 g/mol. The molecule has 2 nitrogen and oxygen atoms in total. The van der Waals surface area contributed by atoms with Crippen molar-refractivity contribution in [3.05, 3.63) is 6.92 Å². The number of hydrogen-bond donors (Lipinski definition) is 0. The monoisotopic (exact) mass is 173 g/mol. The minimum atomic E-state index is -0.123. The summed E-state index contributed by atoms with van der Waals surface area (Å²) in [4.78, 5) is 10.2. The summed E-state index contributed by atoms with van der Waals surface area (Å²) in [6.45, 7) is 9.95. The molecule has 0 fully saturated rings. The molecule has 0 aliphatic heterocycles. The van der Waals surface area contributed by atoms with Crippen molar-refractivity contribution in [1.82, 2.24) is 0 Å². The zero-order valence-electron chi connectivity index (χ0n) is 8.72. The molecule has 0 bridgehead atoms. The predicted octanol–water partition coefficient (Wildman–Crippen LogP) is 2.83. The van der Waals surface area contributed by atoms with Gasteiger partial charge in [0.25, 0.3) is 0 Å². The number of esters is 1. The van der Waals surface area contributed by atoms with Gasteiger partial charge in [-0.1, -0.05) is 34.1 Å². The lowest BCUT2D eigenvalue weighted by molar-refractivity contribution is -0.140. The summed E-state index contributed by atoms with van der Waals surface area (Å²) in [5.74, 6) is 0.650. The van der Waals surface area contributed by atoms with Crippen molar-refractivity contribution in [3.63, 3.8) is 0 Å². The molecule has 0 aromatic rings. The van der Waals surface area contributed by atoms with Crippen molar-refractivity contribution in [3.8, 4) is 0 Å². The van der Waals surface area contributed by atoms with Crippen molar-refractivity contribution in [1.29, 1.82) is 0 Å². The molecule has 0 heterocycles. The third-order valence-electron chi connectivity index (χ3n) is 1.26. The fourth-order valence-corrected chi connectivity index (χ4v) is 0.306. The molecule has 73 valence electrons. The molecule has 0 atom stereocenters. The minimum absolute atomic E-state index is 0.123. The van der Waals surface area contributed by atoms with E-state index in [1.54, 1.807) is 0 Å². The van der Waals surface area contributed by atoms with Gasteiger partial charge in [0, 0.05) is 6.42 Å². The molecule has 0 amide bonds. The summed E-state index contributed by atoms with van der Waals surface area (Å²) >= 11 is 0. The van der Waals surface area contributed by atoms with Gasteiger partial charge in [-0.2, -0.15) is 0 Å². The Morgan fingerprint density at radius 1 is 1.50 bits per heavy atom. The molecule has 0 spiro atoms. The van der Waals surface area contributed by atoms with Gasteiger partial charge in [0.1, 0.15) is 0 Å². The van der Waals surface area contributed by atoms with Crippen LogP contribution in [0, 0.1) is 12.8 Å². The Morgan fingerprint density at radius 2 is 1.92 bits per heavy atom. The second kappa shape index (κ2) is 10.5. The van der Waals surface area contributed by atoms with E-state index in [4.69, 9.17) is 0 Å². The first-order chi connectivity index (χ1) is 5.58. The predicted molar refractivity (Wildman–Crippen MR) is 51.7 cm³/mol. The van der Waals surface area contributed by atoms with E-state index in [-0.39, 0.29) is 5.97 Å². The summed E-state index contributed by atoms with van der Waals surface area (Å²) in [5.41, 5.74) is 0. The molecular formula is C10H21O2. The maximum atomic E-state index is 10.2. The van der Waals surface area contributed by atoms with Gasteiger partial charge in [-0.05, 0) is 12.3 Å². The smallest absolute Gasteiger partial charge is 0.305 e. The standard InChI is InChI=1S/C5H10O2.C5H11/c1-3-4-5(6)7-2;1-4-5(2)3/h3-4H2,1-2H3;5H,1,4H2,2-3H3. The van der Waals surface area contributed by atoms with Crippen LogP contribution in [-0.2, 0) is 9.53 Å². The van der Waals surface area contributed by atoms with Gasteiger partial charge in [-0.3, -0.25) is 4.79 Å². The van der Waals surface area contributed by atoms with E-state index in [0.29, 0.717) is 6.42 Å². The van der Waals surface area contributed by atoms with Gasteiger partial charge in [-0.25, -0.2) is 0 Å². The first-order valence-electron chi connectivity index (χ1n) is 4.44. The molecule has 0 aliphatic carbocycles. The van der Waals surface area contributed by atoms with Crippen LogP contribution in [0.4, 0.5) is 0 Å². The van der Waals surface area contributed by atoms with Gasteiger partial charge in [0.05, 0.1) is 7.11 Å².